The first kappa shape index (κ1) is 20.0. The normalized spacial score (nSPS) is 11.2. The maximum Gasteiger partial charge on any atom is 0.273 e. The van der Waals surface area contributed by atoms with Crippen LogP contribution in [-0.4, -0.2) is 33.3 Å². The number of nitrogens with zero attached hydrogens (tertiary/aromatic N) is 2. The van der Waals surface area contributed by atoms with Gasteiger partial charge in [0.25, 0.3) is 15.9 Å². The first-order valence-corrected chi connectivity index (χ1v) is 10.7. The van der Waals surface area contributed by atoms with E-state index < -0.39 is 10.0 Å². The number of carbonyl (C=O) groups excluding carboxylic acids is 1. The summed E-state index contributed by atoms with van der Waals surface area (Å²) in [4.78, 5) is 14.1. The fourth-order valence-electron chi connectivity index (χ4n) is 2.70. The third-order valence-electron chi connectivity index (χ3n) is 4.24. The Balaban J connectivity index is 1.74. The topological polar surface area (TPSA) is 57.7 Å². The Labute approximate surface area is 167 Å². The van der Waals surface area contributed by atoms with Gasteiger partial charge in [-0.2, -0.15) is 0 Å². The third-order valence-corrected chi connectivity index (χ3v) is 7.40. The Morgan fingerprint density at radius 1 is 1.04 bits per heavy atom. The van der Waals surface area contributed by atoms with Crippen molar-refractivity contribution in [3.8, 4) is 0 Å². The molecule has 28 heavy (non-hydrogen) atoms. The molecule has 0 aliphatic heterocycles. The molecule has 5 nitrogen and oxygen atoms in total. The van der Waals surface area contributed by atoms with E-state index in [9.17, 15) is 17.6 Å². The van der Waals surface area contributed by atoms with E-state index in [2.05, 4.69) is 0 Å². The largest absolute Gasteiger partial charge is 0.337 e. The molecule has 0 saturated carbocycles. The molecule has 3 aromatic rings. The molecule has 0 aliphatic carbocycles. The second-order valence-corrected chi connectivity index (χ2v) is 9.39. The van der Waals surface area contributed by atoms with E-state index in [0.717, 1.165) is 11.3 Å². The Hall–Kier alpha value is -2.71. The van der Waals surface area contributed by atoms with Crippen molar-refractivity contribution in [2.45, 2.75) is 10.8 Å². The van der Waals surface area contributed by atoms with E-state index in [1.807, 2.05) is 0 Å². The van der Waals surface area contributed by atoms with E-state index in [0.29, 0.717) is 16.8 Å². The zero-order valence-electron chi connectivity index (χ0n) is 15.4. The number of benzene rings is 2. The molecule has 146 valence electrons. The Morgan fingerprint density at radius 2 is 1.75 bits per heavy atom. The maximum atomic E-state index is 13.3. The van der Waals surface area contributed by atoms with Crippen LogP contribution in [0.1, 0.15) is 15.9 Å². The van der Waals surface area contributed by atoms with Crippen LogP contribution in [0.5, 0.6) is 0 Å². The van der Waals surface area contributed by atoms with Crippen LogP contribution in [0.15, 0.2) is 70.3 Å². The summed E-state index contributed by atoms with van der Waals surface area (Å²) >= 11 is 1.15. The van der Waals surface area contributed by atoms with Crippen molar-refractivity contribution in [2.24, 2.45) is 0 Å². The minimum absolute atomic E-state index is 0.237. The number of amides is 1. The van der Waals surface area contributed by atoms with Gasteiger partial charge in [0.1, 0.15) is 10.0 Å². The lowest BCUT2D eigenvalue weighted by atomic mass is 10.1. The van der Waals surface area contributed by atoms with Crippen LogP contribution in [0.2, 0.25) is 0 Å². The maximum absolute atomic E-state index is 13.3. The smallest absolute Gasteiger partial charge is 0.273 e. The summed E-state index contributed by atoms with van der Waals surface area (Å²) in [5.41, 5.74) is 1.57. The van der Waals surface area contributed by atoms with Crippen molar-refractivity contribution < 1.29 is 17.6 Å². The molecule has 1 heterocycles. The van der Waals surface area contributed by atoms with Gasteiger partial charge >= 0.3 is 0 Å². The van der Waals surface area contributed by atoms with Crippen molar-refractivity contribution in [1.29, 1.82) is 0 Å². The van der Waals surface area contributed by atoms with E-state index in [1.54, 1.807) is 61.0 Å². The third kappa shape index (κ3) is 4.23. The lowest BCUT2D eigenvalue weighted by Crippen LogP contribution is -2.27. The zero-order valence-corrected chi connectivity index (χ0v) is 17.0. The lowest BCUT2D eigenvalue weighted by molar-refractivity contribution is 0.0785. The van der Waals surface area contributed by atoms with Gasteiger partial charge in [-0.1, -0.05) is 18.2 Å². The average molecular weight is 419 g/mol. The average Bonchev–Trinajstić information content (AvgIpc) is 3.22. The number of hydrogen-bond donors (Lipinski definition) is 0. The summed E-state index contributed by atoms with van der Waals surface area (Å²) < 4.78 is 39.9. The summed E-state index contributed by atoms with van der Waals surface area (Å²) in [6, 6.07) is 15.7. The Kier molecular flexibility index (Phi) is 5.81. The molecular formula is C20H19FN2O3S2. The fourth-order valence-corrected chi connectivity index (χ4v) is 5.06. The van der Waals surface area contributed by atoms with Gasteiger partial charge in [-0.3, -0.25) is 9.10 Å². The molecule has 0 bridgehead atoms. The molecule has 0 saturated heterocycles. The van der Waals surface area contributed by atoms with Gasteiger partial charge in [0, 0.05) is 26.2 Å². The number of thiophene rings is 1. The van der Waals surface area contributed by atoms with E-state index in [-0.39, 0.29) is 22.5 Å². The molecular weight excluding hydrogens is 399 g/mol. The highest BCUT2D eigenvalue weighted by molar-refractivity contribution is 7.94. The number of sulfonamides is 1. The molecule has 0 aliphatic rings. The SMILES string of the molecule is CN(Cc1cccc(F)c1)C(=O)c1ccc(N(C)S(=O)(=O)c2cccs2)cc1. The van der Waals surface area contributed by atoms with Crippen LogP contribution < -0.4 is 4.31 Å². The summed E-state index contributed by atoms with van der Waals surface area (Å²) in [5, 5.41) is 1.71. The number of carbonyl (C=O) groups is 1. The van der Waals surface area contributed by atoms with Crippen molar-refractivity contribution in [1.82, 2.24) is 4.90 Å². The molecule has 0 unspecified atom stereocenters. The van der Waals surface area contributed by atoms with E-state index in [4.69, 9.17) is 0 Å². The fraction of sp³-hybridized carbons (Fsp3) is 0.150. The van der Waals surface area contributed by atoms with Crippen molar-refractivity contribution in [2.75, 3.05) is 18.4 Å². The first-order chi connectivity index (χ1) is 13.3. The van der Waals surface area contributed by atoms with Crippen molar-refractivity contribution in [3.63, 3.8) is 0 Å². The monoisotopic (exact) mass is 418 g/mol. The Morgan fingerprint density at radius 3 is 2.36 bits per heavy atom. The molecule has 2 aromatic carbocycles. The molecule has 8 heteroatoms. The van der Waals surface area contributed by atoms with Gasteiger partial charge < -0.3 is 4.90 Å². The summed E-state index contributed by atoms with van der Waals surface area (Å²) in [7, 11) is -0.514. The molecule has 1 aromatic heterocycles. The van der Waals surface area contributed by atoms with Gasteiger partial charge in [0.15, 0.2) is 0 Å². The van der Waals surface area contributed by atoms with E-state index >= 15 is 0 Å². The minimum atomic E-state index is -3.62. The number of halogens is 1. The number of anilines is 1. The van der Waals surface area contributed by atoms with Gasteiger partial charge in [-0.15, -0.1) is 11.3 Å². The van der Waals surface area contributed by atoms with Crippen LogP contribution in [0.25, 0.3) is 0 Å². The standard InChI is InChI=1S/C20H19FN2O3S2/c1-22(14-15-5-3-6-17(21)13-15)20(24)16-8-10-18(11-9-16)23(2)28(25,26)19-7-4-12-27-19/h3-13H,14H2,1-2H3. The lowest BCUT2D eigenvalue weighted by Gasteiger charge is -2.20. The molecule has 1 amide bonds. The van der Waals surface area contributed by atoms with Gasteiger partial charge in [0.2, 0.25) is 0 Å². The van der Waals surface area contributed by atoms with Crippen LogP contribution >= 0.6 is 11.3 Å². The van der Waals surface area contributed by atoms with Crippen molar-refractivity contribution in [3.05, 3.63) is 83.0 Å². The van der Waals surface area contributed by atoms with Gasteiger partial charge in [-0.25, -0.2) is 12.8 Å². The predicted molar refractivity (Wildman–Crippen MR) is 109 cm³/mol. The first-order valence-electron chi connectivity index (χ1n) is 8.41. The molecule has 0 atom stereocenters. The molecule has 0 fully saturated rings. The number of hydrogen-bond acceptors (Lipinski definition) is 4. The van der Waals surface area contributed by atoms with Crippen LogP contribution in [0, 0.1) is 5.82 Å². The minimum Gasteiger partial charge on any atom is -0.337 e. The highest BCUT2D eigenvalue weighted by Gasteiger charge is 2.22. The second-order valence-electron chi connectivity index (χ2n) is 6.24. The van der Waals surface area contributed by atoms with Crippen LogP contribution in [0.4, 0.5) is 10.1 Å². The highest BCUT2D eigenvalue weighted by atomic mass is 32.2. The molecule has 0 radical (unpaired) electrons. The van der Waals surface area contributed by atoms with Crippen LogP contribution in [0.3, 0.4) is 0 Å². The van der Waals surface area contributed by atoms with Crippen molar-refractivity contribution >= 4 is 33.0 Å². The quantitative estimate of drug-likeness (QED) is 0.608. The van der Waals surface area contributed by atoms with E-state index in [1.165, 1.54) is 28.4 Å². The molecule has 3 rings (SSSR count). The summed E-state index contributed by atoms with van der Waals surface area (Å²) in [5.74, 6) is -0.586. The number of rotatable bonds is 6. The van der Waals surface area contributed by atoms with Crippen LogP contribution in [-0.2, 0) is 16.6 Å². The van der Waals surface area contributed by atoms with Gasteiger partial charge in [-0.05, 0) is 53.4 Å². The molecule has 0 N–H and O–H groups in total. The zero-order chi connectivity index (χ0) is 20.3. The molecule has 0 spiro atoms. The summed E-state index contributed by atoms with van der Waals surface area (Å²) in [6.45, 7) is 0.269. The predicted octanol–water partition coefficient (Wildman–Crippen LogP) is 3.98. The Bertz CT molecular complexity index is 1070. The highest BCUT2D eigenvalue weighted by Crippen LogP contribution is 2.25. The second kappa shape index (κ2) is 8.12. The summed E-state index contributed by atoms with van der Waals surface area (Å²) in [6.07, 6.45) is 0. The van der Waals surface area contributed by atoms with Gasteiger partial charge in [0.05, 0.1) is 5.69 Å².